The summed E-state index contributed by atoms with van der Waals surface area (Å²) in [5.41, 5.74) is 7.09. The molecule has 86 valence electrons. The van der Waals surface area contributed by atoms with Crippen LogP contribution in [-0.2, 0) is 4.74 Å². The van der Waals surface area contributed by atoms with E-state index in [-0.39, 0.29) is 17.7 Å². The molecule has 1 aliphatic heterocycles. The van der Waals surface area contributed by atoms with Gasteiger partial charge in [0.05, 0.1) is 5.56 Å². The number of aromatic carboxylic acids is 1. The van der Waals surface area contributed by atoms with Crippen molar-refractivity contribution in [2.45, 2.75) is 18.6 Å². The quantitative estimate of drug-likeness (QED) is 0.871. The Balaban J connectivity index is 2.32. The lowest BCUT2D eigenvalue weighted by molar-refractivity contribution is 0.0697. The average Bonchev–Trinajstić information content (AvgIpc) is 2.64. The van der Waals surface area contributed by atoms with Crippen LogP contribution in [0.4, 0.5) is 0 Å². The van der Waals surface area contributed by atoms with Gasteiger partial charge in [-0.3, -0.25) is 0 Å². The third-order valence-corrected chi connectivity index (χ3v) is 3.47. The van der Waals surface area contributed by atoms with Crippen molar-refractivity contribution in [3.63, 3.8) is 0 Å². The van der Waals surface area contributed by atoms with Gasteiger partial charge in [0, 0.05) is 17.0 Å². The molecule has 4 nitrogen and oxygen atoms in total. The van der Waals surface area contributed by atoms with Crippen LogP contribution < -0.4 is 5.73 Å². The minimum atomic E-state index is -0.931. The maximum absolute atomic E-state index is 10.8. The van der Waals surface area contributed by atoms with Gasteiger partial charge in [-0.25, -0.2) is 4.79 Å². The number of ether oxygens (including phenoxy) is 1. The van der Waals surface area contributed by atoms with Crippen molar-refractivity contribution in [1.82, 2.24) is 0 Å². The van der Waals surface area contributed by atoms with Crippen molar-refractivity contribution in [3.05, 3.63) is 33.8 Å². The van der Waals surface area contributed by atoms with Crippen LogP contribution in [0.25, 0.3) is 0 Å². The molecule has 1 fully saturated rings. The fourth-order valence-corrected chi connectivity index (χ4v) is 2.58. The maximum atomic E-state index is 10.8. The molecule has 0 bridgehead atoms. The molecule has 0 radical (unpaired) electrons. The van der Waals surface area contributed by atoms with E-state index in [4.69, 9.17) is 15.6 Å². The number of nitrogens with two attached hydrogens (primary N) is 1. The number of rotatable bonds is 2. The molecule has 16 heavy (non-hydrogen) atoms. The van der Waals surface area contributed by atoms with Gasteiger partial charge in [-0.2, -0.15) is 0 Å². The minimum absolute atomic E-state index is 0.136. The van der Waals surface area contributed by atoms with Gasteiger partial charge >= 0.3 is 5.97 Å². The Labute approximate surface area is 102 Å². The zero-order chi connectivity index (χ0) is 11.7. The van der Waals surface area contributed by atoms with Gasteiger partial charge in [0.2, 0.25) is 0 Å². The van der Waals surface area contributed by atoms with Gasteiger partial charge in [-0.15, -0.1) is 0 Å². The van der Waals surface area contributed by atoms with E-state index in [0.717, 1.165) is 16.5 Å². The third-order valence-electron chi connectivity index (χ3n) is 2.78. The summed E-state index contributed by atoms with van der Waals surface area (Å²) >= 11 is 3.38. The highest BCUT2D eigenvalue weighted by Crippen LogP contribution is 2.34. The van der Waals surface area contributed by atoms with Gasteiger partial charge in [0.1, 0.15) is 6.23 Å². The summed E-state index contributed by atoms with van der Waals surface area (Å²) in [5.74, 6) is -0.795. The zero-order valence-electron chi connectivity index (χ0n) is 8.52. The molecule has 1 aliphatic rings. The smallest absolute Gasteiger partial charge is 0.335 e. The van der Waals surface area contributed by atoms with E-state index in [1.807, 2.05) is 0 Å². The molecule has 1 aromatic rings. The fraction of sp³-hybridized carbons (Fsp3) is 0.364. The predicted molar refractivity (Wildman–Crippen MR) is 62.4 cm³/mol. The highest BCUT2D eigenvalue weighted by molar-refractivity contribution is 9.10. The van der Waals surface area contributed by atoms with E-state index >= 15 is 0 Å². The second-order valence-electron chi connectivity index (χ2n) is 3.77. The van der Waals surface area contributed by atoms with Crippen molar-refractivity contribution in [1.29, 1.82) is 0 Å². The number of halogens is 1. The first-order valence-electron chi connectivity index (χ1n) is 4.99. The summed E-state index contributed by atoms with van der Waals surface area (Å²) in [7, 11) is 0. The average molecular weight is 286 g/mol. The Morgan fingerprint density at radius 1 is 1.56 bits per heavy atom. The Kier molecular flexibility index (Phi) is 3.28. The van der Waals surface area contributed by atoms with Crippen LogP contribution in [0.2, 0.25) is 0 Å². The number of carboxylic acid groups (broad SMARTS) is 1. The molecule has 0 spiro atoms. The van der Waals surface area contributed by atoms with Crippen LogP contribution in [0.1, 0.15) is 28.3 Å². The molecule has 1 aromatic carbocycles. The molecule has 1 saturated heterocycles. The van der Waals surface area contributed by atoms with E-state index in [1.165, 1.54) is 0 Å². The van der Waals surface area contributed by atoms with Crippen molar-refractivity contribution < 1.29 is 14.6 Å². The van der Waals surface area contributed by atoms with Gasteiger partial charge in [-0.05, 0) is 24.1 Å². The Morgan fingerprint density at radius 3 is 2.81 bits per heavy atom. The largest absolute Gasteiger partial charge is 0.478 e. The Morgan fingerprint density at radius 2 is 2.31 bits per heavy atom. The lowest BCUT2D eigenvalue weighted by atomic mass is 9.95. The maximum Gasteiger partial charge on any atom is 0.335 e. The standard InChI is InChI=1S/C11H12BrNO3/c12-9-5-6(11(14)15)1-2-7(9)8-3-4-16-10(8)13/h1-2,5,8,10H,3-4,13H2,(H,14,15). The number of benzene rings is 1. The molecule has 3 N–H and O–H groups in total. The summed E-state index contributed by atoms with van der Waals surface area (Å²) in [6.45, 7) is 0.652. The van der Waals surface area contributed by atoms with Crippen LogP contribution in [0.5, 0.6) is 0 Å². The zero-order valence-corrected chi connectivity index (χ0v) is 10.1. The van der Waals surface area contributed by atoms with E-state index < -0.39 is 5.97 Å². The van der Waals surface area contributed by atoms with E-state index in [0.29, 0.717) is 6.61 Å². The van der Waals surface area contributed by atoms with Crippen LogP contribution in [0, 0.1) is 0 Å². The molecular weight excluding hydrogens is 274 g/mol. The summed E-state index contributed by atoms with van der Waals surface area (Å²) in [5, 5.41) is 8.85. The first-order chi connectivity index (χ1) is 7.59. The molecule has 0 aromatic heterocycles. The molecule has 1 heterocycles. The molecular formula is C11H12BrNO3. The molecule has 0 amide bonds. The molecule has 0 saturated carbocycles. The summed E-state index contributed by atoms with van der Waals surface area (Å²) < 4.78 is 6.07. The lowest BCUT2D eigenvalue weighted by Crippen LogP contribution is -2.24. The van der Waals surface area contributed by atoms with Gasteiger partial charge in [-0.1, -0.05) is 22.0 Å². The number of carbonyl (C=O) groups is 1. The summed E-state index contributed by atoms with van der Waals surface area (Å²) in [4.78, 5) is 10.8. The van der Waals surface area contributed by atoms with Gasteiger partial charge < -0.3 is 15.6 Å². The number of carboxylic acids is 1. The first kappa shape index (κ1) is 11.6. The van der Waals surface area contributed by atoms with Crippen molar-refractivity contribution in [2.24, 2.45) is 5.73 Å². The highest BCUT2D eigenvalue weighted by Gasteiger charge is 2.28. The number of hydrogen-bond donors (Lipinski definition) is 2. The van der Waals surface area contributed by atoms with Crippen molar-refractivity contribution >= 4 is 21.9 Å². The molecule has 2 unspecified atom stereocenters. The highest BCUT2D eigenvalue weighted by atomic mass is 79.9. The second kappa shape index (κ2) is 4.53. The van der Waals surface area contributed by atoms with E-state index in [1.54, 1.807) is 18.2 Å². The Bertz CT molecular complexity index is 422. The van der Waals surface area contributed by atoms with Crippen molar-refractivity contribution in [2.75, 3.05) is 6.61 Å². The molecule has 0 aliphatic carbocycles. The lowest BCUT2D eigenvalue weighted by Gasteiger charge is -2.16. The first-order valence-corrected chi connectivity index (χ1v) is 5.79. The van der Waals surface area contributed by atoms with E-state index in [2.05, 4.69) is 15.9 Å². The SMILES string of the molecule is NC1OCCC1c1ccc(C(=O)O)cc1Br. The monoisotopic (exact) mass is 285 g/mol. The van der Waals surface area contributed by atoms with Crippen LogP contribution >= 0.6 is 15.9 Å². The predicted octanol–water partition coefficient (Wildman–Crippen LogP) is 1.94. The van der Waals surface area contributed by atoms with Gasteiger partial charge in [0.15, 0.2) is 0 Å². The molecule has 2 rings (SSSR count). The van der Waals surface area contributed by atoms with E-state index in [9.17, 15) is 4.79 Å². The van der Waals surface area contributed by atoms with Crippen LogP contribution in [0.15, 0.2) is 22.7 Å². The summed E-state index contributed by atoms with van der Waals surface area (Å²) in [6.07, 6.45) is 0.568. The topological polar surface area (TPSA) is 72.5 Å². The fourth-order valence-electron chi connectivity index (χ4n) is 1.90. The van der Waals surface area contributed by atoms with Crippen molar-refractivity contribution in [3.8, 4) is 0 Å². The summed E-state index contributed by atoms with van der Waals surface area (Å²) in [6, 6.07) is 4.99. The normalized spacial score (nSPS) is 24.6. The van der Waals surface area contributed by atoms with Crippen LogP contribution in [-0.4, -0.2) is 23.9 Å². The third kappa shape index (κ3) is 2.11. The van der Waals surface area contributed by atoms with Crippen LogP contribution in [0.3, 0.4) is 0 Å². The minimum Gasteiger partial charge on any atom is -0.478 e. The molecule has 5 heteroatoms. The number of hydrogen-bond acceptors (Lipinski definition) is 3. The Hall–Kier alpha value is -0.910. The second-order valence-corrected chi connectivity index (χ2v) is 4.63. The van der Waals surface area contributed by atoms with Gasteiger partial charge in [0.25, 0.3) is 0 Å². The molecule has 2 atom stereocenters.